The number of rotatable bonds is 8. The van der Waals surface area contributed by atoms with Gasteiger partial charge in [0.1, 0.15) is 0 Å². The molecule has 0 bridgehead atoms. The molecule has 0 atom stereocenters. The maximum absolute atomic E-state index is 11.8. The van der Waals surface area contributed by atoms with Crippen LogP contribution in [0.4, 0.5) is 5.69 Å². The van der Waals surface area contributed by atoms with Gasteiger partial charge < -0.3 is 15.1 Å². The first-order valence-corrected chi connectivity index (χ1v) is 8.43. The monoisotopic (exact) mass is 389 g/mol. The zero-order valence-electron chi connectivity index (χ0n) is 13.3. The number of carbonyl (C=O) groups is 1. The first kappa shape index (κ1) is 18.4. The van der Waals surface area contributed by atoms with Crippen LogP contribution in [0.2, 0.25) is 0 Å². The number of anilines is 1. The van der Waals surface area contributed by atoms with Gasteiger partial charge in [-0.2, -0.15) is 0 Å². The van der Waals surface area contributed by atoms with Crippen molar-refractivity contribution in [3.63, 3.8) is 0 Å². The zero-order valence-corrected chi connectivity index (χ0v) is 14.9. The van der Waals surface area contributed by atoms with Gasteiger partial charge >= 0.3 is 0 Å². The standard InChI is InChI=1S/C19H20BrNO3/c1-2-19(24)15-5-8-18(20)17(13-15)14-3-6-16(7-4-14)21(9-11-22)10-12-23/h2-8,13,22-23H,1,9-12H2. The Morgan fingerprint density at radius 3 is 2.25 bits per heavy atom. The second kappa shape index (κ2) is 8.78. The predicted octanol–water partition coefficient (Wildman–Crippen LogP) is 3.28. The highest BCUT2D eigenvalue weighted by Crippen LogP contribution is 2.31. The number of carbonyl (C=O) groups excluding carboxylic acids is 1. The van der Waals surface area contributed by atoms with Crippen LogP contribution in [0.15, 0.2) is 59.6 Å². The number of aliphatic hydroxyl groups is 2. The number of aliphatic hydroxyl groups excluding tert-OH is 2. The molecular formula is C19H20BrNO3. The lowest BCUT2D eigenvalue weighted by molar-refractivity contribution is 0.104. The van der Waals surface area contributed by atoms with Gasteiger partial charge in [-0.1, -0.05) is 34.6 Å². The topological polar surface area (TPSA) is 60.8 Å². The first-order chi connectivity index (χ1) is 11.6. The van der Waals surface area contributed by atoms with E-state index in [9.17, 15) is 4.79 Å². The molecule has 0 heterocycles. The summed E-state index contributed by atoms with van der Waals surface area (Å²) in [6.07, 6.45) is 1.30. The lowest BCUT2D eigenvalue weighted by Gasteiger charge is -2.23. The van der Waals surface area contributed by atoms with Crippen molar-refractivity contribution in [2.45, 2.75) is 0 Å². The molecule has 126 valence electrons. The van der Waals surface area contributed by atoms with E-state index in [2.05, 4.69) is 22.5 Å². The number of nitrogens with zero attached hydrogens (tertiary/aromatic N) is 1. The Balaban J connectivity index is 2.33. The zero-order chi connectivity index (χ0) is 17.5. The van der Waals surface area contributed by atoms with Gasteiger partial charge in [-0.3, -0.25) is 4.79 Å². The number of hydrogen-bond acceptors (Lipinski definition) is 4. The molecule has 0 aliphatic carbocycles. The van der Waals surface area contributed by atoms with Crippen molar-refractivity contribution >= 4 is 27.4 Å². The summed E-state index contributed by atoms with van der Waals surface area (Å²) in [6.45, 7) is 4.50. The average Bonchev–Trinajstić information content (AvgIpc) is 2.61. The summed E-state index contributed by atoms with van der Waals surface area (Å²) in [5.41, 5.74) is 3.41. The Hall–Kier alpha value is -1.95. The lowest BCUT2D eigenvalue weighted by Crippen LogP contribution is -2.29. The van der Waals surface area contributed by atoms with E-state index in [-0.39, 0.29) is 19.0 Å². The molecule has 4 nitrogen and oxygen atoms in total. The maximum Gasteiger partial charge on any atom is 0.185 e. The SMILES string of the molecule is C=CC(=O)c1ccc(Br)c(-c2ccc(N(CCO)CCO)cc2)c1. The molecule has 0 fully saturated rings. The van der Waals surface area contributed by atoms with Crippen molar-refractivity contribution < 1.29 is 15.0 Å². The van der Waals surface area contributed by atoms with Crippen LogP contribution < -0.4 is 4.90 Å². The molecule has 5 heteroatoms. The predicted molar refractivity (Wildman–Crippen MR) is 100 cm³/mol. The van der Waals surface area contributed by atoms with Gasteiger partial charge in [0.05, 0.1) is 13.2 Å². The normalized spacial score (nSPS) is 10.5. The lowest BCUT2D eigenvalue weighted by atomic mass is 10.0. The van der Waals surface area contributed by atoms with E-state index in [1.54, 1.807) is 6.07 Å². The Morgan fingerprint density at radius 2 is 1.71 bits per heavy atom. The summed E-state index contributed by atoms with van der Waals surface area (Å²) in [4.78, 5) is 13.7. The van der Waals surface area contributed by atoms with Gasteiger partial charge in [-0.25, -0.2) is 0 Å². The van der Waals surface area contributed by atoms with Crippen molar-refractivity contribution in [1.29, 1.82) is 0 Å². The third kappa shape index (κ3) is 4.32. The summed E-state index contributed by atoms with van der Waals surface area (Å²) in [5.74, 6) is -0.113. The fourth-order valence-corrected chi connectivity index (χ4v) is 2.96. The molecule has 0 saturated heterocycles. The Labute approximate surface area is 150 Å². The van der Waals surface area contributed by atoms with Crippen molar-refractivity contribution in [3.05, 3.63) is 65.2 Å². The van der Waals surface area contributed by atoms with E-state index in [1.165, 1.54) is 6.08 Å². The highest BCUT2D eigenvalue weighted by molar-refractivity contribution is 9.10. The minimum Gasteiger partial charge on any atom is -0.395 e. The van der Waals surface area contributed by atoms with Gasteiger partial charge in [0.15, 0.2) is 5.78 Å². The number of ketones is 1. The summed E-state index contributed by atoms with van der Waals surface area (Å²) in [6, 6.07) is 13.2. The quantitative estimate of drug-likeness (QED) is 0.537. The largest absolute Gasteiger partial charge is 0.395 e. The van der Waals surface area contributed by atoms with Crippen molar-refractivity contribution in [1.82, 2.24) is 0 Å². The third-order valence-corrected chi connectivity index (χ3v) is 4.41. The summed E-state index contributed by atoms with van der Waals surface area (Å²) < 4.78 is 0.901. The molecule has 0 saturated carbocycles. The van der Waals surface area contributed by atoms with Crippen molar-refractivity contribution in [3.8, 4) is 11.1 Å². The van der Waals surface area contributed by atoms with Crippen molar-refractivity contribution in [2.75, 3.05) is 31.2 Å². The van der Waals surface area contributed by atoms with Crippen LogP contribution in [-0.2, 0) is 0 Å². The molecule has 2 N–H and O–H groups in total. The molecule has 0 unspecified atom stereocenters. The number of hydrogen-bond donors (Lipinski definition) is 2. The highest BCUT2D eigenvalue weighted by Gasteiger charge is 2.10. The van der Waals surface area contributed by atoms with Gasteiger partial charge in [-0.05, 0) is 47.5 Å². The van der Waals surface area contributed by atoms with E-state index < -0.39 is 0 Å². The molecule has 2 aromatic rings. The Bertz CT molecular complexity index is 707. The van der Waals surface area contributed by atoms with Gasteiger partial charge in [-0.15, -0.1) is 0 Å². The second-order valence-electron chi connectivity index (χ2n) is 5.24. The fraction of sp³-hybridized carbons (Fsp3) is 0.211. The van der Waals surface area contributed by atoms with Crippen LogP contribution in [0.3, 0.4) is 0 Å². The van der Waals surface area contributed by atoms with E-state index in [4.69, 9.17) is 10.2 Å². The van der Waals surface area contributed by atoms with Crippen molar-refractivity contribution in [2.24, 2.45) is 0 Å². The number of benzene rings is 2. The smallest absolute Gasteiger partial charge is 0.185 e. The van der Waals surface area contributed by atoms with Gasteiger partial charge in [0.2, 0.25) is 0 Å². The molecule has 24 heavy (non-hydrogen) atoms. The van der Waals surface area contributed by atoms with Crippen LogP contribution in [0.25, 0.3) is 11.1 Å². The summed E-state index contributed by atoms with van der Waals surface area (Å²) in [5, 5.41) is 18.3. The van der Waals surface area contributed by atoms with Crippen LogP contribution in [-0.4, -0.2) is 42.3 Å². The molecule has 0 spiro atoms. The Kier molecular flexibility index (Phi) is 6.73. The van der Waals surface area contributed by atoms with E-state index in [0.29, 0.717) is 18.7 Å². The molecule has 0 aromatic heterocycles. The van der Waals surface area contributed by atoms with Crippen LogP contribution >= 0.6 is 15.9 Å². The second-order valence-corrected chi connectivity index (χ2v) is 6.10. The van der Waals surface area contributed by atoms with Crippen LogP contribution in [0.1, 0.15) is 10.4 Å². The minimum atomic E-state index is -0.113. The highest BCUT2D eigenvalue weighted by atomic mass is 79.9. The molecule has 2 rings (SSSR count). The third-order valence-electron chi connectivity index (χ3n) is 3.72. The molecule has 2 aromatic carbocycles. The first-order valence-electron chi connectivity index (χ1n) is 7.64. The van der Waals surface area contributed by atoms with Crippen LogP contribution in [0.5, 0.6) is 0 Å². The van der Waals surface area contributed by atoms with E-state index in [1.807, 2.05) is 41.3 Å². The van der Waals surface area contributed by atoms with Gasteiger partial charge in [0.25, 0.3) is 0 Å². The molecule has 0 aliphatic rings. The molecule has 0 aliphatic heterocycles. The summed E-state index contributed by atoms with van der Waals surface area (Å²) >= 11 is 3.52. The minimum absolute atomic E-state index is 0.0268. The fourth-order valence-electron chi connectivity index (χ4n) is 2.48. The van der Waals surface area contributed by atoms with Crippen LogP contribution in [0, 0.1) is 0 Å². The molecule has 0 amide bonds. The molecule has 0 radical (unpaired) electrons. The maximum atomic E-state index is 11.8. The average molecular weight is 390 g/mol. The summed E-state index contributed by atoms with van der Waals surface area (Å²) in [7, 11) is 0. The Morgan fingerprint density at radius 1 is 1.08 bits per heavy atom. The number of allylic oxidation sites excluding steroid dienone is 1. The van der Waals surface area contributed by atoms with Gasteiger partial charge in [0, 0.05) is 28.8 Å². The molecular weight excluding hydrogens is 370 g/mol. The van der Waals surface area contributed by atoms with E-state index in [0.717, 1.165) is 21.3 Å². The van der Waals surface area contributed by atoms with E-state index >= 15 is 0 Å². The number of halogens is 1.